The first-order valence-corrected chi connectivity index (χ1v) is 8.17. The molecule has 164 valence electrons. The number of nitrogens with one attached hydrogen (secondary N) is 2. The molecule has 0 spiro atoms. The van der Waals surface area contributed by atoms with Crippen LogP contribution in [0.2, 0.25) is 10.0 Å². The first-order valence-electron chi connectivity index (χ1n) is 7.42. The standard InChI is InChI=1S/C17H18Cl2N4O2.4ClH/c18-12-8-10(16(20)21)2-4-14(12)24-6-1-7-25-15-5-3-11(17(22)23)9-13(15)19;;;;/h2-5,8-9H,1,6-7H2,(H3,20,21)(H3,22,23);4*1H. The summed E-state index contributed by atoms with van der Waals surface area (Å²) in [7, 11) is 0. The Morgan fingerprint density at radius 1 is 0.724 bits per heavy atom. The molecule has 0 saturated heterocycles. The molecule has 0 heterocycles. The second-order valence-corrected chi connectivity index (χ2v) is 5.98. The lowest BCUT2D eigenvalue weighted by atomic mass is 10.2. The molecule has 2 rings (SSSR count). The summed E-state index contributed by atoms with van der Waals surface area (Å²) in [5, 5.41) is 15.5. The zero-order chi connectivity index (χ0) is 18.4. The molecule has 2 aromatic carbocycles. The molecule has 29 heavy (non-hydrogen) atoms. The summed E-state index contributed by atoms with van der Waals surface area (Å²) < 4.78 is 11.2. The Hall–Kier alpha value is -1.28. The molecule has 0 aliphatic heterocycles. The van der Waals surface area contributed by atoms with Crippen molar-refractivity contribution >= 4 is 84.5 Å². The SMILES string of the molecule is Cl.Cl.Cl.Cl.N=C(N)c1ccc(OCCCOc2ccc(C(=N)N)cc2Cl)c(Cl)c1. The van der Waals surface area contributed by atoms with Gasteiger partial charge in [0.05, 0.1) is 23.3 Å². The lowest BCUT2D eigenvalue weighted by Gasteiger charge is -2.11. The van der Waals surface area contributed by atoms with Crippen LogP contribution in [0.4, 0.5) is 0 Å². The predicted molar refractivity (Wildman–Crippen MR) is 130 cm³/mol. The first-order chi connectivity index (χ1) is 11.9. The Morgan fingerprint density at radius 2 is 1.07 bits per heavy atom. The Morgan fingerprint density at radius 3 is 1.34 bits per heavy atom. The third-order valence-electron chi connectivity index (χ3n) is 3.29. The molecule has 2 aromatic rings. The van der Waals surface area contributed by atoms with Crippen molar-refractivity contribution < 1.29 is 9.47 Å². The van der Waals surface area contributed by atoms with E-state index in [1.807, 2.05) is 0 Å². The fourth-order valence-corrected chi connectivity index (χ4v) is 2.46. The summed E-state index contributed by atoms with van der Waals surface area (Å²) in [5.74, 6) is 0.954. The van der Waals surface area contributed by atoms with E-state index in [4.69, 9.17) is 55.0 Å². The maximum absolute atomic E-state index is 7.36. The van der Waals surface area contributed by atoms with Crippen molar-refractivity contribution in [1.29, 1.82) is 10.8 Å². The highest BCUT2D eigenvalue weighted by Gasteiger charge is 2.07. The zero-order valence-corrected chi connectivity index (χ0v) is 19.7. The van der Waals surface area contributed by atoms with Crippen molar-refractivity contribution in [2.75, 3.05) is 13.2 Å². The highest BCUT2D eigenvalue weighted by atomic mass is 35.5. The van der Waals surface area contributed by atoms with Crippen molar-refractivity contribution in [2.24, 2.45) is 11.5 Å². The molecule has 0 aromatic heterocycles. The Kier molecular flexibility index (Phi) is 17.4. The minimum atomic E-state index is -0.0467. The van der Waals surface area contributed by atoms with Gasteiger partial charge in [0.25, 0.3) is 0 Å². The van der Waals surface area contributed by atoms with Crippen LogP contribution in [0.15, 0.2) is 36.4 Å². The molecule has 0 aliphatic rings. The van der Waals surface area contributed by atoms with Gasteiger partial charge in [-0.2, -0.15) is 0 Å². The predicted octanol–water partition coefficient (Wildman–Crippen LogP) is 5.10. The summed E-state index contributed by atoms with van der Waals surface area (Å²) in [6.07, 6.45) is 0.621. The number of nitrogens with two attached hydrogens (primary N) is 2. The van der Waals surface area contributed by atoms with Crippen LogP contribution >= 0.6 is 72.8 Å². The highest BCUT2D eigenvalue weighted by molar-refractivity contribution is 6.32. The van der Waals surface area contributed by atoms with Crippen molar-refractivity contribution in [1.82, 2.24) is 0 Å². The van der Waals surface area contributed by atoms with E-state index in [1.54, 1.807) is 36.4 Å². The largest absolute Gasteiger partial charge is 0.492 e. The van der Waals surface area contributed by atoms with E-state index in [0.29, 0.717) is 52.3 Å². The number of ether oxygens (including phenoxy) is 2. The quantitative estimate of drug-likeness (QED) is 0.217. The maximum atomic E-state index is 7.36. The van der Waals surface area contributed by atoms with Gasteiger partial charge in [-0.3, -0.25) is 10.8 Å². The molecule has 0 amide bonds. The average molecular weight is 527 g/mol. The van der Waals surface area contributed by atoms with Gasteiger partial charge in [0, 0.05) is 17.5 Å². The first kappa shape index (κ1) is 32.4. The molecule has 0 atom stereocenters. The Bertz CT molecular complexity index is 742. The van der Waals surface area contributed by atoms with Crippen molar-refractivity contribution in [3.05, 3.63) is 57.6 Å². The number of nitrogen functional groups attached to an aromatic ring is 2. The van der Waals surface area contributed by atoms with Crippen LogP contribution in [-0.4, -0.2) is 24.9 Å². The van der Waals surface area contributed by atoms with Crippen LogP contribution in [0, 0.1) is 10.8 Å². The molecule has 6 N–H and O–H groups in total. The fraction of sp³-hybridized carbons (Fsp3) is 0.176. The van der Waals surface area contributed by atoms with Gasteiger partial charge in [0.2, 0.25) is 0 Å². The molecular formula is C17H22Cl6N4O2. The van der Waals surface area contributed by atoms with Crippen LogP contribution in [0.3, 0.4) is 0 Å². The number of amidine groups is 2. The molecule has 0 radical (unpaired) electrons. The molecule has 0 unspecified atom stereocenters. The minimum absolute atomic E-state index is 0. The van der Waals surface area contributed by atoms with Crippen LogP contribution in [0.5, 0.6) is 11.5 Å². The maximum Gasteiger partial charge on any atom is 0.137 e. The molecule has 0 saturated carbocycles. The van der Waals surface area contributed by atoms with Crippen molar-refractivity contribution in [3.8, 4) is 11.5 Å². The smallest absolute Gasteiger partial charge is 0.137 e. The lowest BCUT2D eigenvalue weighted by Crippen LogP contribution is -2.11. The minimum Gasteiger partial charge on any atom is -0.492 e. The summed E-state index contributed by atoms with van der Waals surface area (Å²) in [5.41, 5.74) is 11.9. The molecule has 0 bridgehead atoms. The van der Waals surface area contributed by atoms with Gasteiger partial charge >= 0.3 is 0 Å². The van der Waals surface area contributed by atoms with Crippen molar-refractivity contribution in [2.45, 2.75) is 6.42 Å². The normalized spacial score (nSPS) is 8.90. The number of rotatable bonds is 8. The van der Waals surface area contributed by atoms with E-state index < -0.39 is 0 Å². The van der Waals surface area contributed by atoms with E-state index in [-0.39, 0.29) is 61.3 Å². The van der Waals surface area contributed by atoms with E-state index in [9.17, 15) is 0 Å². The summed E-state index contributed by atoms with van der Waals surface area (Å²) in [6.45, 7) is 0.810. The molecular weight excluding hydrogens is 505 g/mol. The molecule has 6 nitrogen and oxygen atoms in total. The Balaban J connectivity index is -0.00000169. The van der Waals surface area contributed by atoms with E-state index >= 15 is 0 Å². The van der Waals surface area contributed by atoms with Gasteiger partial charge in [0.1, 0.15) is 23.2 Å². The van der Waals surface area contributed by atoms with Crippen molar-refractivity contribution in [3.63, 3.8) is 0 Å². The summed E-state index contributed by atoms with van der Waals surface area (Å²) >= 11 is 12.2. The number of hydrogen-bond donors (Lipinski definition) is 4. The Labute approximate surface area is 204 Å². The zero-order valence-electron chi connectivity index (χ0n) is 14.9. The van der Waals surface area contributed by atoms with Gasteiger partial charge in [-0.05, 0) is 36.4 Å². The van der Waals surface area contributed by atoms with E-state index in [0.717, 1.165) is 0 Å². The fourth-order valence-electron chi connectivity index (χ4n) is 1.99. The van der Waals surface area contributed by atoms with Gasteiger partial charge < -0.3 is 20.9 Å². The monoisotopic (exact) mass is 524 g/mol. The van der Waals surface area contributed by atoms with E-state index in [1.165, 1.54) is 0 Å². The van der Waals surface area contributed by atoms with Gasteiger partial charge in [-0.15, -0.1) is 49.6 Å². The number of hydrogen-bond acceptors (Lipinski definition) is 4. The highest BCUT2D eigenvalue weighted by Crippen LogP contribution is 2.26. The van der Waals surface area contributed by atoms with Gasteiger partial charge in [-0.25, -0.2) is 0 Å². The molecule has 12 heteroatoms. The number of benzene rings is 2. The lowest BCUT2D eigenvalue weighted by molar-refractivity contribution is 0.247. The number of halogens is 6. The van der Waals surface area contributed by atoms with Gasteiger partial charge in [-0.1, -0.05) is 23.2 Å². The van der Waals surface area contributed by atoms with Crippen LogP contribution in [0.1, 0.15) is 17.5 Å². The molecule has 0 fully saturated rings. The summed E-state index contributed by atoms with van der Waals surface area (Å²) in [6, 6.07) is 9.89. The van der Waals surface area contributed by atoms with E-state index in [2.05, 4.69) is 0 Å². The van der Waals surface area contributed by atoms with Crippen LogP contribution in [0.25, 0.3) is 0 Å². The second kappa shape index (κ2) is 15.5. The van der Waals surface area contributed by atoms with Crippen LogP contribution < -0.4 is 20.9 Å². The summed E-state index contributed by atoms with van der Waals surface area (Å²) in [4.78, 5) is 0. The third-order valence-corrected chi connectivity index (χ3v) is 3.88. The molecule has 0 aliphatic carbocycles. The topological polar surface area (TPSA) is 118 Å². The average Bonchev–Trinajstić information content (AvgIpc) is 2.56. The van der Waals surface area contributed by atoms with Gasteiger partial charge in [0.15, 0.2) is 0 Å². The second-order valence-electron chi connectivity index (χ2n) is 5.17. The third kappa shape index (κ3) is 9.85. The van der Waals surface area contributed by atoms with Crippen LogP contribution in [-0.2, 0) is 0 Å².